The van der Waals surface area contributed by atoms with E-state index in [0.29, 0.717) is 19.3 Å². The first kappa shape index (κ1) is 22.0. The Morgan fingerprint density at radius 2 is 1.96 bits per heavy atom. The summed E-state index contributed by atoms with van der Waals surface area (Å²) in [7, 11) is 1.82. The van der Waals surface area contributed by atoms with Gasteiger partial charge in [-0.2, -0.15) is 0 Å². The van der Waals surface area contributed by atoms with Gasteiger partial charge in [0.2, 0.25) is 0 Å². The number of hydrogen-bond acceptors (Lipinski definition) is 4. The third-order valence-corrected chi connectivity index (χ3v) is 5.46. The summed E-state index contributed by atoms with van der Waals surface area (Å²) in [6.45, 7) is 4.24. The first-order valence-electron chi connectivity index (χ1n) is 9.22. The molecular formula is C20H29IN4OS. The van der Waals surface area contributed by atoms with Crippen LogP contribution in [0.5, 0.6) is 0 Å². The van der Waals surface area contributed by atoms with Crippen molar-refractivity contribution in [1.29, 1.82) is 0 Å². The van der Waals surface area contributed by atoms with Gasteiger partial charge in [-0.1, -0.05) is 30.3 Å². The molecule has 3 rings (SSSR count). The van der Waals surface area contributed by atoms with Crippen LogP contribution in [-0.2, 0) is 11.3 Å². The van der Waals surface area contributed by atoms with Gasteiger partial charge in [0.15, 0.2) is 5.96 Å². The quantitative estimate of drug-likeness (QED) is 0.264. The minimum Gasteiger partial charge on any atom is -0.375 e. The van der Waals surface area contributed by atoms with Crippen LogP contribution >= 0.6 is 35.3 Å². The average molecular weight is 500 g/mol. The SMILES string of the molecule is CN=C(NCCOCc1ccccc1)NC1CCN(c2cccs2)CC1.I. The predicted octanol–water partition coefficient (Wildman–Crippen LogP) is 3.72. The largest absolute Gasteiger partial charge is 0.375 e. The molecular weight excluding hydrogens is 471 g/mol. The zero-order chi connectivity index (χ0) is 18.0. The predicted molar refractivity (Wildman–Crippen MR) is 126 cm³/mol. The summed E-state index contributed by atoms with van der Waals surface area (Å²) in [5, 5.41) is 10.4. The molecule has 0 saturated carbocycles. The fourth-order valence-electron chi connectivity index (χ4n) is 3.09. The Hall–Kier alpha value is -1.32. The number of aliphatic imine (C=N–C) groups is 1. The first-order chi connectivity index (χ1) is 12.8. The standard InChI is InChI=1S/C20H28N4OS.HI/c1-21-20(22-11-14-25-16-17-6-3-2-4-7-17)23-18-9-12-24(13-10-18)19-8-5-15-26-19;/h2-8,15,18H,9-14,16H2,1H3,(H2,21,22,23);1H. The van der Waals surface area contributed by atoms with Crippen LogP contribution in [0.15, 0.2) is 52.8 Å². The van der Waals surface area contributed by atoms with Crippen LogP contribution in [0.2, 0.25) is 0 Å². The molecule has 2 heterocycles. The lowest BCUT2D eigenvalue weighted by Gasteiger charge is -2.33. The van der Waals surface area contributed by atoms with E-state index in [1.807, 2.05) is 36.6 Å². The van der Waals surface area contributed by atoms with Gasteiger partial charge in [-0.15, -0.1) is 35.3 Å². The summed E-state index contributed by atoms with van der Waals surface area (Å²) < 4.78 is 5.71. The Bertz CT molecular complexity index is 658. The van der Waals surface area contributed by atoms with Gasteiger partial charge in [-0.05, 0) is 35.9 Å². The van der Waals surface area contributed by atoms with Crippen molar-refractivity contribution in [2.45, 2.75) is 25.5 Å². The van der Waals surface area contributed by atoms with Crippen LogP contribution in [-0.4, -0.2) is 45.3 Å². The topological polar surface area (TPSA) is 48.9 Å². The Kier molecular flexibility index (Phi) is 9.93. The summed E-state index contributed by atoms with van der Waals surface area (Å²) in [6.07, 6.45) is 2.26. The van der Waals surface area contributed by atoms with Crippen LogP contribution in [0.1, 0.15) is 18.4 Å². The molecule has 0 unspecified atom stereocenters. The van der Waals surface area contributed by atoms with Crippen LogP contribution in [0.25, 0.3) is 0 Å². The van der Waals surface area contributed by atoms with Gasteiger partial charge in [-0.25, -0.2) is 0 Å². The molecule has 5 nitrogen and oxygen atoms in total. The number of hydrogen-bond donors (Lipinski definition) is 2. The molecule has 2 N–H and O–H groups in total. The number of nitrogens with zero attached hydrogens (tertiary/aromatic N) is 2. The zero-order valence-electron chi connectivity index (χ0n) is 15.8. The molecule has 27 heavy (non-hydrogen) atoms. The molecule has 0 aliphatic carbocycles. The third kappa shape index (κ3) is 7.31. The minimum atomic E-state index is 0. The number of thiophene rings is 1. The molecule has 1 saturated heterocycles. The van der Waals surface area contributed by atoms with E-state index in [9.17, 15) is 0 Å². The van der Waals surface area contributed by atoms with E-state index in [0.717, 1.165) is 38.4 Å². The van der Waals surface area contributed by atoms with Gasteiger partial charge < -0.3 is 20.3 Å². The van der Waals surface area contributed by atoms with Crippen molar-refractivity contribution in [3.05, 3.63) is 53.4 Å². The fraction of sp³-hybridized carbons (Fsp3) is 0.450. The molecule has 0 atom stereocenters. The highest BCUT2D eigenvalue weighted by atomic mass is 127. The van der Waals surface area contributed by atoms with E-state index in [-0.39, 0.29) is 24.0 Å². The average Bonchev–Trinajstić information content (AvgIpc) is 3.23. The van der Waals surface area contributed by atoms with E-state index in [2.05, 4.69) is 50.2 Å². The molecule has 1 aromatic heterocycles. The van der Waals surface area contributed by atoms with Crippen LogP contribution in [0.3, 0.4) is 0 Å². The van der Waals surface area contributed by atoms with E-state index >= 15 is 0 Å². The number of rotatable bonds is 7. The first-order valence-corrected chi connectivity index (χ1v) is 10.1. The lowest BCUT2D eigenvalue weighted by molar-refractivity contribution is 0.125. The number of nitrogens with one attached hydrogen (secondary N) is 2. The summed E-state index contributed by atoms with van der Waals surface area (Å²) >= 11 is 1.82. The molecule has 0 bridgehead atoms. The van der Waals surface area contributed by atoms with Gasteiger partial charge >= 0.3 is 0 Å². The third-order valence-electron chi connectivity index (χ3n) is 4.53. The number of guanidine groups is 1. The highest BCUT2D eigenvalue weighted by Crippen LogP contribution is 2.24. The number of piperidine rings is 1. The maximum absolute atomic E-state index is 5.71. The molecule has 1 aliphatic heterocycles. The second-order valence-electron chi connectivity index (χ2n) is 6.39. The lowest BCUT2D eigenvalue weighted by atomic mass is 10.1. The van der Waals surface area contributed by atoms with Gasteiger partial charge in [0, 0.05) is 32.7 Å². The van der Waals surface area contributed by atoms with E-state index in [4.69, 9.17) is 4.74 Å². The van der Waals surface area contributed by atoms with Crippen molar-refractivity contribution in [1.82, 2.24) is 10.6 Å². The van der Waals surface area contributed by atoms with E-state index in [1.54, 1.807) is 0 Å². The number of halogens is 1. The Morgan fingerprint density at radius 3 is 2.63 bits per heavy atom. The Labute approximate surface area is 183 Å². The fourth-order valence-corrected chi connectivity index (χ4v) is 3.87. The van der Waals surface area contributed by atoms with Gasteiger partial charge in [0.25, 0.3) is 0 Å². The van der Waals surface area contributed by atoms with Crippen molar-refractivity contribution < 1.29 is 4.74 Å². The smallest absolute Gasteiger partial charge is 0.191 e. The molecule has 148 valence electrons. The molecule has 0 radical (unpaired) electrons. The van der Waals surface area contributed by atoms with Crippen molar-refractivity contribution in [2.24, 2.45) is 4.99 Å². The van der Waals surface area contributed by atoms with Crippen molar-refractivity contribution in [3.8, 4) is 0 Å². The summed E-state index contributed by atoms with van der Waals surface area (Å²) in [5.74, 6) is 0.864. The molecule has 0 amide bonds. The second-order valence-corrected chi connectivity index (χ2v) is 7.32. The number of benzene rings is 1. The normalized spacial score (nSPS) is 15.3. The molecule has 7 heteroatoms. The van der Waals surface area contributed by atoms with E-state index < -0.39 is 0 Å². The molecule has 1 aromatic carbocycles. The van der Waals surface area contributed by atoms with Crippen LogP contribution < -0.4 is 15.5 Å². The molecule has 2 aromatic rings. The maximum atomic E-state index is 5.71. The van der Waals surface area contributed by atoms with Crippen molar-refractivity contribution in [3.63, 3.8) is 0 Å². The number of ether oxygens (including phenoxy) is 1. The molecule has 1 fully saturated rings. The maximum Gasteiger partial charge on any atom is 0.191 e. The second kappa shape index (κ2) is 12.2. The highest BCUT2D eigenvalue weighted by molar-refractivity contribution is 14.0. The van der Waals surface area contributed by atoms with Crippen LogP contribution in [0.4, 0.5) is 5.00 Å². The summed E-state index contributed by atoms with van der Waals surface area (Å²) in [4.78, 5) is 6.80. The van der Waals surface area contributed by atoms with Gasteiger partial charge in [-0.3, -0.25) is 4.99 Å². The van der Waals surface area contributed by atoms with Crippen LogP contribution in [0, 0.1) is 0 Å². The van der Waals surface area contributed by atoms with Crippen molar-refractivity contribution >= 4 is 46.3 Å². The van der Waals surface area contributed by atoms with Gasteiger partial charge in [0.05, 0.1) is 18.2 Å². The number of anilines is 1. The Morgan fingerprint density at radius 1 is 1.19 bits per heavy atom. The van der Waals surface area contributed by atoms with Crippen molar-refractivity contribution in [2.75, 3.05) is 38.2 Å². The molecule has 1 aliphatic rings. The molecule has 0 spiro atoms. The zero-order valence-corrected chi connectivity index (χ0v) is 18.9. The minimum absolute atomic E-state index is 0. The summed E-state index contributed by atoms with van der Waals surface area (Å²) in [6, 6.07) is 15.0. The Balaban J connectivity index is 0.00000261. The highest BCUT2D eigenvalue weighted by Gasteiger charge is 2.20. The lowest BCUT2D eigenvalue weighted by Crippen LogP contribution is -2.49. The summed E-state index contributed by atoms with van der Waals surface area (Å²) in [5.41, 5.74) is 1.20. The monoisotopic (exact) mass is 500 g/mol. The van der Waals surface area contributed by atoms with E-state index in [1.165, 1.54) is 10.6 Å². The van der Waals surface area contributed by atoms with Gasteiger partial charge in [0.1, 0.15) is 0 Å².